The quantitative estimate of drug-likeness (QED) is 0.826. The van der Waals surface area contributed by atoms with E-state index in [1.54, 1.807) is 12.1 Å². The highest BCUT2D eigenvalue weighted by Gasteiger charge is 2.18. The van der Waals surface area contributed by atoms with Crippen LogP contribution in [0.25, 0.3) is 0 Å². The van der Waals surface area contributed by atoms with Crippen LogP contribution in [0.5, 0.6) is 0 Å². The zero-order valence-electron chi connectivity index (χ0n) is 9.63. The lowest BCUT2D eigenvalue weighted by Crippen LogP contribution is -2.46. The molecule has 1 rings (SSSR count). The second-order valence-electron chi connectivity index (χ2n) is 4.34. The van der Waals surface area contributed by atoms with Gasteiger partial charge < -0.3 is 10.6 Å². The molecule has 1 unspecified atom stereocenters. The van der Waals surface area contributed by atoms with Gasteiger partial charge in [0.15, 0.2) is 0 Å². The third-order valence-corrected chi connectivity index (χ3v) is 2.67. The van der Waals surface area contributed by atoms with Gasteiger partial charge in [-0.25, -0.2) is 4.39 Å². The van der Waals surface area contributed by atoms with Crippen LogP contribution in [-0.2, 0) is 0 Å². The SMILES string of the molecule is CCC(C)(N)CN(C)c1ccc(F)cc1. The van der Waals surface area contributed by atoms with Gasteiger partial charge in [0.1, 0.15) is 5.82 Å². The van der Waals surface area contributed by atoms with Crippen LogP contribution in [-0.4, -0.2) is 19.1 Å². The van der Waals surface area contributed by atoms with E-state index < -0.39 is 0 Å². The van der Waals surface area contributed by atoms with Crippen LogP contribution >= 0.6 is 0 Å². The lowest BCUT2D eigenvalue weighted by Gasteiger charge is -2.30. The maximum atomic E-state index is 12.7. The first-order valence-electron chi connectivity index (χ1n) is 5.20. The Morgan fingerprint density at radius 2 is 1.87 bits per heavy atom. The summed E-state index contributed by atoms with van der Waals surface area (Å²) >= 11 is 0. The third kappa shape index (κ3) is 3.51. The highest BCUT2D eigenvalue weighted by molar-refractivity contribution is 5.45. The van der Waals surface area contributed by atoms with Crippen molar-refractivity contribution in [1.82, 2.24) is 0 Å². The van der Waals surface area contributed by atoms with Gasteiger partial charge in [-0.05, 0) is 37.6 Å². The number of anilines is 1. The lowest BCUT2D eigenvalue weighted by atomic mass is 10.00. The van der Waals surface area contributed by atoms with Crippen molar-refractivity contribution in [3.8, 4) is 0 Å². The van der Waals surface area contributed by atoms with Crippen LogP contribution in [0, 0.1) is 5.82 Å². The maximum absolute atomic E-state index is 12.7. The van der Waals surface area contributed by atoms with Gasteiger partial charge in [-0.1, -0.05) is 6.92 Å². The summed E-state index contributed by atoms with van der Waals surface area (Å²) in [5, 5.41) is 0. The molecule has 0 fully saturated rings. The minimum absolute atomic E-state index is 0.205. The molecule has 1 atom stereocenters. The van der Waals surface area contributed by atoms with Crippen molar-refractivity contribution < 1.29 is 4.39 Å². The second-order valence-corrected chi connectivity index (χ2v) is 4.34. The molecular weight excluding hydrogens is 191 g/mol. The van der Waals surface area contributed by atoms with Gasteiger partial charge in [-0.2, -0.15) is 0 Å². The monoisotopic (exact) mass is 210 g/mol. The Balaban J connectivity index is 2.69. The van der Waals surface area contributed by atoms with Gasteiger partial charge >= 0.3 is 0 Å². The number of nitrogens with zero attached hydrogens (tertiary/aromatic N) is 1. The molecule has 1 aromatic carbocycles. The molecular formula is C12H19FN2. The van der Waals surface area contributed by atoms with E-state index in [2.05, 4.69) is 6.92 Å². The van der Waals surface area contributed by atoms with E-state index >= 15 is 0 Å². The zero-order chi connectivity index (χ0) is 11.5. The van der Waals surface area contributed by atoms with Crippen LogP contribution in [0.1, 0.15) is 20.3 Å². The normalized spacial score (nSPS) is 14.7. The Morgan fingerprint density at radius 1 is 1.33 bits per heavy atom. The van der Waals surface area contributed by atoms with Gasteiger partial charge in [0.05, 0.1) is 0 Å². The van der Waals surface area contributed by atoms with Crippen LogP contribution in [0.3, 0.4) is 0 Å². The van der Waals surface area contributed by atoms with Crippen LogP contribution in [0.2, 0.25) is 0 Å². The zero-order valence-corrected chi connectivity index (χ0v) is 9.63. The Bertz CT molecular complexity index is 306. The van der Waals surface area contributed by atoms with Crippen molar-refractivity contribution in [2.24, 2.45) is 5.73 Å². The van der Waals surface area contributed by atoms with Gasteiger partial charge in [0.25, 0.3) is 0 Å². The minimum atomic E-state index is -0.210. The summed E-state index contributed by atoms with van der Waals surface area (Å²) in [5.41, 5.74) is 6.85. The summed E-state index contributed by atoms with van der Waals surface area (Å²) < 4.78 is 12.7. The molecule has 0 heterocycles. The Hall–Kier alpha value is -1.09. The van der Waals surface area contributed by atoms with E-state index in [1.807, 2.05) is 18.9 Å². The molecule has 2 N–H and O–H groups in total. The van der Waals surface area contributed by atoms with Crippen molar-refractivity contribution >= 4 is 5.69 Å². The highest BCUT2D eigenvalue weighted by atomic mass is 19.1. The first kappa shape index (κ1) is 12.0. The van der Waals surface area contributed by atoms with Gasteiger partial charge in [0.2, 0.25) is 0 Å². The van der Waals surface area contributed by atoms with Crippen molar-refractivity contribution in [3.63, 3.8) is 0 Å². The molecule has 15 heavy (non-hydrogen) atoms. The summed E-state index contributed by atoms with van der Waals surface area (Å²) in [4.78, 5) is 2.04. The molecule has 0 bridgehead atoms. The fourth-order valence-corrected chi connectivity index (χ4v) is 1.44. The number of hydrogen-bond acceptors (Lipinski definition) is 2. The van der Waals surface area contributed by atoms with E-state index in [4.69, 9.17) is 5.73 Å². The largest absolute Gasteiger partial charge is 0.373 e. The number of benzene rings is 1. The van der Waals surface area contributed by atoms with E-state index in [1.165, 1.54) is 12.1 Å². The van der Waals surface area contributed by atoms with E-state index in [9.17, 15) is 4.39 Å². The fourth-order valence-electron chi connectivity index (χ4n) is 1.44. The van der Waals surface area contributed by atoms with Crippen molar-refractivity contribution in [2.75, 3.05) is 18.5 Å². The number of likely N-dealkylation sites (N-methyl/N-ethyl adjacent to an activating group) is 1. The Kier molecular flexibility index (Phi) is 3.69. The van der Waals surface area contributed by atoms with Gasteiger partial charge in [-0.3, -0.25) is 0 Å². The smallest absolute Gasteiger partial charge is 0.123 e. The minimum Gasteiger partial charge on any atom is -0.373 e. The Morgan fingerprint density at radius 3 is 2.33 bits per heavy atom. The summed E-state index contributed by atoms with van der Waals surface area (Å²) in [6.45, 7) is 4.85. The number of rotatable bonds is 4. The summed E-state index contributed by atoms with van der Waals surface area (Å²) in [5.74, 6) is -0.210. The summed E-state index contributed by atoms with van der Waals surface area (Å²) in [7, 11) is 1.97. The van der Waals surface area contributed by atoms with E-state index in [-0.39, 0.29) is 11.4 Å². The van der Waals surface area contributed by atoms with Crippen LogP contribution < -0.4 is 10.6 Å². The summed E-state index contributed by atoms with van der Waals surface area (Å²) in [6.07, 6.45) is 0.915. The molecule has 0 spiro atoms. The van der Waals surface area contributed by atoms with Crippen LogP contribution in [0.4, 0.5) is 10.1 Å². The van der Waals surface area contributed by atoms with Crippen molar-refractivity contribution in [1.29, 1.82) is 0 Å². The standard InChI is InChI=1S/C12H19FN2/c1-4-12(2,14)9-15(3)11-7-5-10(13)6-8-11/h5-8H,4,9,14H2,1-3H3. The van der Waals surface area contributed by atoms with E-state index in [0.29, 0.717) is 0 Å². The molecule has 0 aromatic heterocycles. The van der Waals surface area contributed by atoms with Crippen molar-refractivity contribution in [3.05, 3.63) is 30.1 Å². The van der Waals surface area contributed by atoms with Crippen LogP contribution in [0.15, 0.2) is 24.3 Å². The Labute approximate surface area is 90.9 Å². The molecule has 0 amide bonds. The maximum Gasteiger partial charge on any atom is 0.123 e. The molecule has 84 valence electrons. The molecule has 0 aliphatic carbocycles. The third-order valence-electron chi connectivity index (χ3n) is 2.67. The number of halogens is 1. The van der Waals surface area contributed by atoms with Gasteiger partial charge in [0, 0.05) is 24.8 Å². The number of hydrogen-bond donors (Lipinski definition) is 1. The molecule has 2 nitrogen and oxygen atoms in total. The first-order valence-corrected chi connectivity index (χ1v) is 5.20. The molecule has 1 aromatic rings. The molecule has 0 radical (unpaired) electrons. The molecule has 0 aliphatic rings. The highest BCUT2D eigenvalue weighted by Crippen LogP contribution is 2.16. The predicted octanol–water partition coefficient (Wildman–Crippen LogP) is 2.39. The molecule has 0 saturated heterocycles. The topological polar surface area (TPSA) is 29.3 Å². The van der Waals surface area contributed by atoms with Gasteiger partial charge in [-0.15, -0.1) is 0 Å². The second kappa shape index (κ2) is 4.62. The molecule has 3 heteroatoms. The molecule has 0 saturated carbocycles. The first-order chi connectivity index (χ1) is 6.94. The average molecular weight is 210 g/mol. The lowest BCUT2D eigenvalue weighted by molar-refractivity contribution is 0.455. The fraction of sp³-hybridized carbons (Fsp3) is 0.500. The summed E-state index contributed by atoms with van der Waals surface area (Å²) in [6, 6.07) is 6.46. The average Bonchev–Trinajstić information content (AvgIpc) is 2.18. The van der Waals surface area contributed by atoms with E-state index in [0.717, 1.165) is 18.7 Å². The van der Waals surface area contributed by atoms with Crippen molar-refractivity contribution in [2.45, 2.75) is 25.8 Å². The predicted molar refractivity (Wildman–Crippen MR) is 62.6 cm³/mol. The molecule has 0 aliphatic heterocycles. The number of nitrogens with two attached hydrogens (primary N) is 1.